The molecule has 0 atom stereocenters. The molecule has 0 aromatic carbocycles. The van der Waals surface area contributed by atoms with Crippen LogP contribution in [0.15, 0.2) is 0 Å². The smallest absolute Gasteiger partial charge is 0.421 e. The number of carbonyl (C=O) groups excluding carboxylic acids is 1. The van der Waals surface area contributed by atoms with Gasteiger partial charge in [-0.2, -0.15) is 0 Å². The highest BCUT2D eigenvalue weighted by molar-refractivity contribution is 5.66. The van der Waals surface area contributed by atoms with Crippen LogP contribution < -0.4 is 11.3 Å². The average molecular weight is 228 g/mol. The highest BCUT2D eigenvalue weighted by Gasteiger charge is 2.14. The van der Waals surface area contributed by atoms with Crippen molar-refractivity contribution >= 4 is 6.09 Å². The minimum absolute atomic E-state index is 0.469. The molecule has 0 fully saturated rings. The number of rotatable bonds is 2. The molecule has 1 amide bonds. The number of hydrogen-bond donors (Lipinski definition) is 2. The lowest BCUT2D eigenvalue weighted by molar-refractivity contribution is 0.0527. The van der Waals surface area contributed by atoms with E-state index in [1.165, 1.54) is 12.8 Å². The summed E-state index contributed by atoms with van der Waals surface area (Å²) in [6, 6.07) is 0. The third kappa shape index (κ3) is 18.5. The standard InChI is InChI=1S/C7H12.C5H12N2O2/c1-3-5-7-6-4-2;1-5(2,3)9-4(8)7-6/h3,5,7H2,1-2H3;6H2,1-3H3,(H,7,8). The number of hydrazine groups is 1. The van der Waals surface area contributed by atoms with E-state index in [0.29, 0.717) is 0 Å². The lowest BCUT2D eigenvalue weighted by Crippen LogP contribution is -2.36. The van der Waals surface area contributed by atoms with Gasteiger partial charge in [-0.05, 0) is 34.1 Å². The van der Waals surface area contributed by atoms with E-state index in [9.17, 15) is 4.79 Å². The molecule has 0 bridgehead atoms. The fourth-order valence-corrected chi connectivity index (χ4v) is 0.698. The summed E-state index contributed by atoms with van der Waals surface area (Å²) in [7, 11) is 0. The topological polar surface area (TPSA) is 64.3 Å². The van der Waals surface area contributed by atoms with Crippen molar-refractivity contribution in [3.8, 4) is 11.8 Å². The summed E-state index contributed by atoms with van der Waals surface area (Å²) in [5, 5.41) is 0. The second kappa shape index (κ2) is 10.3. The molecule has 0 aromatic rings. The second-order valence-electron chi connectivity index (χ2n) is 4.18. The maximum Gasteiger partial charge on any atom is 0.421 e. The van der Waals surface area contributed by atoms with Crippen LogP contribution in [0.25, 0.3) is 0 Å². The third-order valence-corrected chi connectivity index (χ3v) is 1.35. The van der Waals surface area contributed by atoms with Crippen LogP contribution in [0, 0.1) is 11.8 Å². The van der Waals surface area contributed by atoms with Gasteiger partial charge in [-0.15, -0.1) is 11.8 Å². The molecular weight excluding hydrogens is 204 g/mol. The molecule has 16 heavy (non-hydrogen) atoms. The van der Waals surface area contributed by atoms with Gasteiger partial charge in [0.15, 0.2) is 0 Å². The van der Waals surface area contributed by atoms with Crippen LogP contribution in [0.3, 0.4) is 0 Å². The minimum atomic E-state index is -0.609. The van der Waals surface area contributed by atoms with Crippen LogP contribution in [0.2, 0.25) is 0 Å². The van der Waals surface area contributed by atoms with Crippen molar-refractivity contribution in [3.05, 3.63) is 0 Å². The van der Waals surface area contributed by atoms with E-state index < -0.39 is 11.7 Å². The molecule has 0 unspecified atom stereocenters. The van der Waals surface area contributed by atoms with Crippen molar-refractivity contribution in [1.82, 2.24) is 5.43 Å². The normalized spacial score (nSPS) is 9.12. The van der Waals surface area contributed by atoms with E-state index in [2.05, 4.69) is 18.8 Å². The van der Waals surface area contributed by atoms with Gasteiger partial charge in [0, 0.05) is 6.42 Å². The first-order chi connectivity index (χ1) is 7.37. The Balaban J connectivity index is 0. The van der Waals surface area contributed by atoms with E-state index in [1.807, 2.05) is 12.3 Å². The Morgan fingerprint density at radius 2 is 2.00 bits per heavy atom. The number of carbonyl (C=O) groups is 1. The molecule has 94 valence electrons. The van der Waals surface area contributed by atoms with Crippen molar-refractivity contribution in [2.75, 3.05) is 0 Å². The van der Waals surface area contributed by atoms with E-state index in [1.54, 1.807) is 20.8 Å². The van der Waals surface area contributed by atoms with Crippen LogP contribution in [0.1, 0.15) is 53.9 Å². The summed E-state index contributed by atoms with van der Waals surface area (Å²) < 4.78 is 4.71. The van der Waals surface area contributed by atoms with E-state index >= 15 is 0 Å². The Labute approximate surface area is 98.9 Å². The second-order valence-corrected chi connectivity index (χ2v) is 4.18. The lowest BCUT2D eigenvalue weighted by Gasteiger charge is -2.18. The van der Waals surface area contributed by atoms with Crippen LogP contribution >= 0.6 is 0 Å². The van der Waals surface area contributed by atoms with Gasteiger partial charge in [-0.1, -0.05) is 13.3 Å². The molecule has 0 radical (unpaired) electrons. The molecule has 0 aliphatic carbocycles. The summed E-state index contributed by atoms with van der Waals surface area (Å²) in [4.78, 5) is 10.4. The van der Waals surface area contributed by atoms with Gasteiger partial charge in [-0.3, -0.25) is 5.43 Å². The fraction of sp³-hybridized carbons (Fsp3) is 0.750. The molecule has 0 saturated heterocycles. The Bertz CT molecular complexity index is 234. The number of nitrogens with two attached hydrogens (primary N) is 1. The Hall–Kier alpha value is -1.21. The quantitative estimate of drug-likeness (QED) is 0.251. The van der Waals surface area contributed by atoms with Crippen molar-refractivity contribution in [2.45, 2.75) is 59.5 Å². The summed E-state index contributed by atoms with van der Waals surface area (Å²) in [6.07, 6.45) is 2.98. The largest absolute Gasteiger partial charge is 0.443 e. The van der Waals surface area contributed by atoms with Crippen molar-refractivity contribution < 1.29 is 9.53 Å². The lowest BCUT2D eigenvalue weighted by atomic mass is 10.2. The van der Waals surface area contributed by atoms with Gasteiger partial charge < -0.3 is 4.74 Å². The zero-order valence-corrected chi connectivity index (χ0v) is 11.0. The van der Waals surface area contributed by atoms with Gasteiger partial charge in [-0.25, -0.2) is 10.6 Å². The van der Waals surface area contributed by atoms with Gasteiger partial charge >= 0.3 is 6.09 Å². The molecule has 0 rings (SSSR count). The van der Waals surface area contributed by atoms with Gasteiger partial charge in [0.05, 0.1) is 0 Å². The summed E-state index contributed by atoms with van der Waals surface area (Å²) in [5.41, 5.74) is 1.39. The van der Waals surface area contributed by atoms with Crippen molar-refractivity contribution in [1.29, 1.82) is 0 Å². The number of ether oxygens (including phenoxy) is 1. The zero-order valence-electron chi connectivity index (χ0n) is 11.0. The van der Waals surface area contributed by atoms with Crippen molar-refractivity contribution in [2.24, 2.45) is 5.84 Å². The summed E-state index contributed by atoms with van der Waals surface area (Å²) in [5.74, 6) is 10.6. The van der Waals surface area contributed by atoms with E-state index in [-0.39, 0.29) is 0 Å². The van der Waals surface area contributed by atoms with E-state index in [4.69, 9.17) is 10.6 Å². The number of hydrogen-bond acceptors (Lipinski definition) is 3. The minimum Gasteiger partial charge on any atom is -0.443 e. The molecule has 0 heterocycles. The molecule has 4 heteroatoms. The molecule has 0 aliphatic rings. The zero-order chi connectivity index (χ0) is 13.0. The molecule has 3 N–H and O–H groups in total. The Morgan fingerprint density at radius 3 is 2.25 bits per heavy atom. The molecule has 4 nitrogen and oxygen atoms in total. The highest BCUT2D eigenvalue weighted by atomic mass is 16.6. The summed E-state index contributed by atoms with van der Waals surface area (Å²) in [6.45, 7) is 9.36. The molecular formula is C12H24N2O2. The van der Waals surface area contributed by atoms with Crippen LogP contribution in [-0.4, -0.2) is 11.7 Å². The first-order valence-corrected chi connectivity index (χ1v) is 5.46. The van der Waals surface area contributed by atoms with Gasteiger partial charge in [0.2, 0.25) is 0 Å². The Kier molecular flexibility index (Phi) is 11.1. The first-order valence-electron chi connectivity index (χ1n) is 5.46. The first kappa shape index (κ1) is 17.2. The molecule has 0 aromatic heterocycles. The van der Waals surface area contributed by atoms with Crippen molar-refractivity contribution in [3.63, 3.8) is 0 Å². The van der Waals surface area contributed by atoms with E-state index in [0.717, 1.165) is 6.42 Å². The van der Waals surface area contributed by atoms with Gasteiger partial charge in [0.25, 0.3) is 0 Å². The average Bonchev–Trinajstić information content (AvgIpc) is 2.17. The monoisotopic (exact) mass is 228 g/mol. The summed E-state index contributed by atoms with van der Waals surface area (Å²) >= 11 is 0. The van der Waals surface area contributed by atoms with Gasteiger partial charge in [0.1, 0.15) is 5.60 Å². The van der Waals surface area contributed by atoms with Crippen LogP contribution in [0.4, 0.5) is 4.79 Å². The molecule has 0 spiro atoms. The maximum absolute atomic E-state index is 10.4. The third-order valence-electron chi connectivity index (χ3n) is 1.35. The highest BCUT2D eigenvalue weighted by Crippen LogP contribution is 2.05. The van der Waals surface area contributed by atoms with Crippen LogP contribution in [-0.2, 0) is 4.74 Å². The molecule has 0 saturated carbocycles. The van der Waals surface area contributed by atoms with Crippen LogP contribution in [0.5, 0.6) is 0 Å². The predicted molar refractivity (Wildman–Crippen MR) is 66.5 cm³/mol. The SMILES string of the molecule is CC#CCCCC.CC(C)(C)OC(=O)NN. The molecule has 0 aliphatic heterocycles. The fourth-order valence-electron chi connectivity index (χ4n) is 0.698. The number of amides is 1. The number of nitrogens with one attached hydrogen (secondary N) is 1. The Morgan fingerprint density at radius 1 is 1.44 bits per heavy atom. The number of unbranched alkanes of at least 4 members (excludes halogenated alkanes) is 2. The predicted octanol–water partition coefficient (Wildman–Crippen LogP) is 2.58. The maximum atomic E-state index is 10.4.